The lowest BCUT2D eigenvalue weighted by atomic mass is 9.92. The minimum absolute atomic E-state index is 0.0323. The highest BCUT2D eigenvalue weighted by Gasteiger charge is 2.18. The first-order valence-electron chi connectivity index (χ1n) is 4.54. The van der Waals surface area contributed by atoms with Crippen molar-refractivity contribution in [3.05, 3.63) is 0 Å². The lowest BCUT2D eigenvalue weighted by molar-refractivity contribution is -0.150. The van der Waals surface area contributed by atoms with E-state index >= 15 is 0 Å². The van der Waals surface area contributed by atoms with Gasteiger partial charge in [-0.25, -0.2) is 0 Å². The Kier molecular flexibility index (Phi) is 4.29. The van der Waals surface area contributed by atoms with Gasteiger partial charge in [0.05, 0.1) is 12.5 Å². The lowest BCUT2D eigenvalue weighted by Gasteiger charge is -2.18. The predicted octanol–water partition coefficient (Wildman–Crippen LogP) is 2.76. The Balaban J connectivity index is 3.75. The molecule has 2 nitrogen and oxygen atoms in total. The van der Waals surface area contributed by atoms with Crippen LogP contribution in [-0.2, 0) is 9.53 Å². The van der Waals surface area contributed by atoms with Crippen LogP contribution in [0, 0.1) is 5.41 Å². The van der Waals surface area contributed by atoms with Gasteiger partial charge < -0.3 is 4.74 Å². The van der Waals surface area contributed by atoms with E-state index in [1.807, 2.05) is 34.6 Å². The Morgan fingerprint density at radius 2 is 1.92 bits per heavy atom. The Hall–Kier alpha value is -0.530. The van der Waals surface area contributed by atoms with E-state index in [2.05, 4.69) is 0 Å². The molecule has 0 aromatic carbocycles. The first kappa shape index (κ1) is 11.5. The van der Waals surface area contributed by atoms with Gasteiger partial charge >= 0.3 is 5.97 Å². The van der Waals surface area contributed by atoms with Crippen molar-refractivity contribution in [3.63, 3.8) is 0 Å². The topological polar surface area (TPSA) is 26.3 Å². The maximum Gasteiger partial charge on any atom is 0.306 e. The lowest BCUT2D eigenvalue weighted by Crippen LogP contribution is -2.19. The second-order valence-electron chi connectivity index (χ2n) is 4.45. The van der Waals surface area contributed by atoms with E-state index < -0.39 is 0 Å². The van der Waals surface area contributed by atoms with Gasteiger partial charge in [-0.05, 0) is 18.8 Å². The highest BCUT2D eigenvalue weighted by atomic mass is 16.5. The number of hydrogen-bond acceptors (Lipinski definition) is 2. The van der Waals surface area contributed by atoms with E-state index in [1.165, 1.54) is 0 Å². The molecule has 0 aliphatic rings. The second kappa shape index (κ2) is 4.48. The summed E-state index contributed by atoms with van der Waals surface area (Å²) >= 11 is 0. The van der Waals surface area contributed by atoms with Crippen LogP contribution in [0.4, 0.5) is 0 Å². The molecular weight excluding hydrogens is 152 g/mol. The highest BCUT2D eigenvalue weighted by molar-refractivity contribution is 5.70. The molecule has 2 heteroatoms. The fraction of sp³-hybridized carbons (Fsp3) is 0.900. The summed E-state index contributed by atoms with van der Waals surface area (Å²) in [4.78, 5) is 11.2. The molecule has 0 fully saturated rings. The number of esters is 1. The smallest absolute Gasteiger partial charge is 0.306 e. The number of rotatable bonds is 3. The Labute approximate surface area is 75.3 Å². The molecule has 0 aliphatic carbocycles. The summed E-state index contributed by atoms with van der Waals surface area (Å²) in [5, 5.41) is 0. The summed E-state index contributed by atoms with van der Waals surface area (Å²) in [7, 11) is 0. The molecule has 0 amide bonds. The van der Waals surface area contributed by atoms with Gasteiger partial charge in [0, 0.05) is 0 Å². The molecule has 0 saturated heterocycles. The van der Waals surface area contributed by atoms with Crippen LogP contribution in [-0.4, -0.2) is 12.1 Å². The molecule has 0 aromatic heterocycles. The van der Waals surface area contributed by atoms with Crippen molar-refractivity contribution < 1.29 is 9.53 Å². The zero-order chi connectivity index (χ0) is 9.78. The summed E-state index contributed by atoms with van der Waals surface area (Å²) < 4.78 is 5.14. The van der Waals surface area contributed by atoms with E-state index in [9.17, 15) is 4.79 Å². The molecule has 0 saturated carbocycles. The van der Waals surface area contributed by atoms with Gasteiger partial charge in [-0.15, -0.1) is 0 Å². The SMILES string of the molecule is CC[C@@H](C)OC(=O)CC(C)(C)C. The van der Waals surface area contributed by atoms with Crippen molar-refractivity contribution in [2.45, 2.75) is 53.6 Å². The van der Waals surface area contributed by atoms with E-state index in [4.69, 9.17) is 4.74 Å². The van der Waals surface area contributed by atoms with Crippen molar-refractivity contribution in [1.82, 2.24) is 0 Å². The quantitative estimate of drug-likeness (QED) is 0.612. The van der Waals surface area contributed by atoms with Crippen LogP contribution in [0.5, 0.6) is 0 Å². The van der Waals surface area contributed by atoms with E-state index in [0.29, 0.717) is 6.42 Å². The van der Waals surface area contributed by atoms with Crippen LogP contribution in [0.2, 0.25) is 0 Å². The second-order valence-corrected chi connectivity index (χ2v) is 4.45. The van der Waals surface area contributed by atoms with Gasteiger partial charge in [0.2, 0.25) is 0 Å². The van der Waals surface area contributed by atoms with Gasteiger partial charge in [0.15, 0.2) is 0 Å². The van der Waals surface area contributed by atoms with E-state index in [1.54, 1.807) is 0 Å². The molecule has 12 heavy (non-hydrogen) atoms. The number of carbonyl (C=O) groups is 1. The maximum atomic E-state index is 11.2. The van der Waals surface area contributed by atoms with Crippen molar-refractivity contribution >= 4 is 5.97 Å². The zero-order valence-corrected chi connectivity index (χ0v) is 8.81. The van der Waals surface area contributed by atoms with Gasteiger partial charge in [0.1, 0.15) is 0 Å². The average Bonchev–Trinajstić information content (AvgIpc) is 1.82. The number of hydrogen-bond donors (Lipinski definition) is 0. The Morgan fingerprint density at radius 1 is 1.42 bits per heavy atom. The first-order chi connectivity index (χ1) is 5.35. The van der Waals surface area contributed by atoms with Crippen LogP contribution in [0.3, 0.4) is 0 Å². The third-order valence-electron chi connectivity index (χ3n) is 1.58. The standard InChI is InChI=1S/C10H20O2/c1-6-8(2)12-9(11)7-10(3,4)5/h8H,6-7H2,1-5H3/t8-/m1/s1. The van der Waals surface area contributed by atoms with E-state index in [0.717, 1.165) is 6.42 Å². The fourth-order valence-corrected chi connectivity index (χ4v) is 0.782. The maximum absolute atomic E-state index is 11.2. The largest absolute Gasteiger partial charge is 0.463 e. The Morgan fingerprint density at radius 3 is 2.25 bits per heavy atom. The summed E-state index contributed by atoms with van der Waals surface area (Å²) in [6, 6.07) is 0. The molecule has 1 atom stereocenters. The monoisotopic (exact) mass is 172 g/mol. The minimum atomic E-state index is -0.0862. The summed E-state index contributed by atoms with van der Waals surface area (Å²) in [5.41, 5.74) is 0.0323. The molecule has 0 heterocycles. The van der Waals surface area contributed by atoms with Crippen LogP contribution in [0.15, 0.2) is 0 Å². The number of ether oxygens (including phenoxy) is 1. The van der Waals surface area contributed by atoms with Crippen molar-refractivity contribution in [1.29, 1.82) is 0 Å². The summed E-state index contributed by atoms with van der Waals surface area (Å²) in [5.74, 6) is -0.0862. The Bertz CT molecular complexity index is 144. The van der Waals surface area contributed by atoms with Crippen molar-refractivity contribution in [2.24, 2.45) is 5.41 Å². The van der Waals surface area contributed by atoms with Gasteiger partial charge in [0.25, 0.3) is 0 Å². The molecule has 0 N–H and O–H groups in total. The average molecular weight is 172 g/mol. The first-order valence-corrected chi connectivity index (χ1v) is 4.54. The molecule has 0 aliphatic heterocycles. The molecule has 0 unspecified atom stereocenters. The van der Waals surface area contributed by atoms with Gasteiger partial charge in [-0.1, -0.05) is 27.7 Å². The predicted molar refractivity (Wildman–Crippen MR) is 49.9 cm³/mol. The van der Waals surface area contributed by atoms with Gasteiger partial charge in [-0.3, -0.25) is 4.79 Å². The summed E-state index contributed by atoms with van der Waals surface area (Å²) in [6.45, 7) is 10.0. The number of carbonyl (C=O) groups excluding carboxylic acids is 1. The third-order valence-corrected chi connectivity index (χ3v) is 1.58. The zero-order valence-electron chi connectivity index (χ0n) is 8.81. The minimum Gasteiger partial charge on any atom is -0.463 e. The third kappa shape index (κ3) is 6.20. The molecular formula is C10H20O2. The molecule has 0 rings (SSSR count). The molecule has 0 radical (unpaired) electrons. The van der Waals surface area contributed by atoms with E-state index in [-0.39, 0.29) is 17.5 Å². The summed E-state index contributed by atoms with van der Waals surface area (Å²) in [6.07, 6.45) is 1.44. The molecule has 0 aromatic rings. The highest BCUT2D eigenvalue weighted by Crippen LogP contribution is 2.19. The van der Waals surface area contributed by atoms with Gasteiger partial charge in [-0.2, -0.15) is 0 Å². The van der Waals surface area contributed by atoms with Crippen molar-refractivity contribution in [2.75, 3.05) is 0 Å². The normalized spacial score (nSPS) is 14.1. The van der Waals surface area contributed by atoms with Crippen LogP contribution in [0.25, 0.3) is 0 Å². The van der Waals surface area contributed by atoms with Crippen LogP contribution in [0.1, 0.15) is 47.5 Å². The molecule has 0 bridgehead atoms. The van der Waals surface area contributed by atoms with Crippen LogP contribution >= 0.6 is 0 Å². The fourth-order valence-electron chi connectivity index (χ4n) is 0.782. The van der Waals surface area contributed by atoms with Crippen molar-refractivity contribution in [3.8, 4) is 0 Å². The molecule has 0 spiro atoms. The van der Waals surface area contributed by atoms with Crippen LogP contribution < -0.4 is 0 Å². The molecule has 72 valence electrons.